The Morgan fingerprint density at radius 3 is 2.52 bits per heavy atom. The molecule has 7 heteroatoms. The van der Waals surface area contributed by atoms with Gasteiger partial charge in [0, 0.05) is 31.5 Å². The van der Waals surface area contributed by atoms with E-state index in [9.17, 15) is 0 Å². The van der Waals surface area contributed by atoms with Crippen LogP contribution in [0.3, 0.4) is 0 Å². The van der Waals surface area contributed by atoms with E-state index in [-0.39, 0.29) is 0 Å². The van der Waals surface area contributed by atoms with E-state index in [1.165, 1.54) is 5.56 Å². The molecule has 0 radical (unpaired) electrons. The lowest BCUT2D eigenvalue weighted by Gasteiger charge is -2.33. The molecule has 0 atom stereocenters. The predicted molar refractivity (Wildman–Crippen MR) is 96.6 cm³/mol. The van der Waals surface area contributed by atoms with E-state index in [1.54, 1.807) is 6.20 Å². The molecule has 0 unspecified atom stereocenters. The summed E-state index contributed by atoms with van der Waals surface area (Å²) in [6.07, 6.45) is 8.62. The minimum atomic E-state index is 0.395. The first kappa shape index (κ1) is 16.0. The second-order valence-corrected chi connectivity index (χ2v) is 6.56. The highest BCUT2D eigenvalue weighted by Gasteiger charge is 2.21. The molecule has 1 fully saturated rings. The number of anilines is 3. The number of nitrogens with two attached hydrogens (primary N) is 1. The molecular formula is C16H21BrN6. The van der Waals surface area contributed by atoms with Crippen molar-refractivity contribution in [1.82, 2.24) is 15.0 Å². The maximum atomic E-state index is 6.02. The van der Waals surface area contributed by atoms with Crippen LogP contribution in [0.1, 0.15) is 25.3 Å². The second-order valence-electron chi connectivity index (χ2n) is 5.74. The predicted octanol–water partition coefficient (Wildman–Crippen LogP) is 2.86. The molecule has 122 valence electrons. The fourth-order valence-corrected chi connectivity index (χ4v) is 3.05. The first-order valence-electron chi connectivity index (χ1n) is 7.89. The van der Waals surface area contributed by atoms with Gasteiger partial charge in [-0.25, -0.2) is 15.0 Å². The lowest BCUT2D eigenvalue weighted by molar-refractivity contribution is 0.520. The van der Waals surface area contributed by atoms with Crippen LogP contribution in [-0.4, -0.2) is 34.1 Å². The molecule has 1 aliphatic heterocycles. The maximum Gasteiger partial charge on any atom is 0.225 e. The summed E-state index contributed by atoms with van der Waals surface area (Å²) in [6, 6.07) is 2.21. The molecule has 2 aromatic rings. The molecule has 23 heavy (non-hydrogen) atoms. The summed E-state index contributed by atoms with van der Waals surface area (Å²) in [6.45, 7) is 3.98. The van der Waals surface area contributed by atoms with Crippen molar-refractivity contribution in [3.63, 3.8) is 0 Å². The Morgan fingerprint density at radius 2 is 1.91 bits per heavy atom. The zero-order chi connectivity index (χ0) is 16.2. The number of rotatable bonds is 4. The van der Waals surface area contributed by atoms with Crippen LogP contribution in [0.4, 0.5) is 17.3 Å². The van der Waals surface area contributed by atoms with Crippen molar-refractivity contribution in [2.75, 3.05) is 29.0 Å². The van der Waals surface area contributed by atoms with Crippen LogP contribution in [0.2, 0.25) is 0 Å². The van der Waals surface area contributed by atoms with E-state index in [0.29, 0.717) is 11.7 Å². The first-order chi connectivity index (χ1) is 11.2. The van der Waals surface area contributed by atoms with Gasteiger partial charge in [-0.1, -0.05) is 6.92 Å². The van der Waals surface area contributed by atoms with Gasteiger partial charge >= 0.3 is 0 Å². The third-order valence-electron chi connectivity index (χ3n) is 4.14. The van der Waals surface area contributed by atoms with Gasteiger partial charge in [0.15, 0.2) is 0 Å². The number of nitrogens with one attached hydrogen (secondary N) is 1. The average Bonchev–Trinajstić information content (AvgIpc) is 2.58. The van der Waals surface area contributed by atoms with Gasteiger partial charge in [-0.3, -0.25) is 0 Å². The summed E-state index contributed by atoms with van der Waals surface area (Å²) in [7, 11) is 0. The number of nitrogen functional groups attached to an aromatic ring is 1. The van der Waals surface area contributed by atoms with Gasteiger partial charge in [0.1, 0.15) is 4.60 Å². The molecule has 3 N–H and O–H groups in total. The van der Waals surface area contributed by atoms with Crippen LogP contribution in [0.25, 0.3) is 0 Å². The number of nitrogens with zero attached hydrogens (tertiary/aromatic N) is 4. The molecule has 0 bridgehead atoms. The summed E-state index contributed by atoms with van der Waals surface area (Å²) < 4.78 is 0.753. The largest absolute Gasteiger partial charge is 0.397 e. The average molecular weight is 377 g/mol. The molecule has 2 aromatic heterocycles. The molecule has 3 rings (SSSR count). The Balaban J connectivity index is 1.57. The Hall–Kier alpha value is -1.89. The molecule has 0 aliphatic carbocycles. The number of halogens is 1. The molecule has 6 nitrogen and oxygen atoms in total. The van der Waals surface area contributed by atoms with Gasteiger partial charge in [0.2, 0.25) is 5.95 Å². The zero-order valence-electron chi connectivity index (χ0n) is 13.2. The standard InChI is InChI=1S/C16H21BrN6/c1-2-11-8-20-16(21-9-11)23-5-3-12(4-6-23)22-14-10-19-15(17)7-13(14)18/h7-10,12,22H,2-6H2,1H3,(H2,18,19). The maximum absolute atomic E-state index is 6.02. The molecule has 3 heterocycles. The first-order valence-corrected chi connectivity index (χ1v) is 8.68. The Morgan fingerprint density at radius 1 is 1.22 bits per heavy atom. The van der Waals surface area contributed by atoms with Crippen LogP contribution in [0.5, 0.6) is 0 Å². The van der Waals surface area contributed by atoms with Crippen molar-refractivity contribution < 1.29 is 0 Å². The molecule has 1 saturated heterocycles. The van der Waals surface area contributed by atoms with Crippen molar-refractivity contribution >= 4 is 33.3 Å². The van der Waals surface area contributed by atoms with Crippen LogP contribution < -0.4 is 16.0 Å². The highest BCUT2D eigenvalue weighted by molar-refractivity contribution is 9.10. The normalized spacial score (nSPS) is 15.7. The van der Waals surface area contributed by atoms with Crippen molar-refractivity contribution in [3.8, 4) is 0 Å². The van der Waals surface area contributed by atoms with Crippen LogP contribution in [0.15, 0.2) is 29.3 Å². The van der Waals surface area contributed by atoms with Crippen molar-refractivity contribution in [2.24, 2.45) is 0 Å². The van der Waals surface area contributed by atoms with Crippen molar-refractivity contribution in [3.05, 3.63) is 34.8 Å². The van der Waals surface area contributed by atoms with Gasteiger partial charge < -0.3 is 16.0 Å². The summed E-state index contributed by atoms with van der Waals surface area (Å²) in [4.78, 5) is 15.4. The summed E-state index contributed by atoms with van der Waals surface area (Å²) in [5.74, 6) is 0.825. The smallest absolute Gasteiger partial charge is 0.225 e. The molecule has 0 saturated carbocycles. The quantitative estimate of drug-likeness (QED) is 0.798. The highest BCUT2D eigenvalue weighted by atomic mass is 79.9. The van der Waals surface area contributed by atoms with Gasteiger partial charge in [0.25, 0.3) is 0 Å². The number of piperidine rings is 1. The second kappa shape index (κ2) is 7.12. The van der Waals surface area contributed by atoms with Gasteiger partial charge in [0.05, 0.1) is 17.6 Å². The molecule has 0 amide bonds. The molecule has 0 aromatic carbocycles. The monoisotopic (exact) mass is 376 g/mol. The molecule has 1 aliphatic rings. The van der Waals surface area contributed by atoms with E-state index in [2.05, 4.69) is 48.0 Å². The summed E-state index contributed by atoms with van der Waals surface area (Å²) >= 11 is 3.33. The van der Waals surface area contributed by atoms with E-state index in [1.807, 2.05) is 18.5 Å². The van der Waals surface area contributed by atoms with Gasteiger partial charge in [-0.05, 0) is 46.8 Å². The Labute approximate surface area is 144 Å². The van der Waals surface area contributed by atoms with E-state index in [4.69, 9.17) is 5.73 Å². The third-order valence-corrected chi connectivity index (χ3v) is 4.57. The Bertz CT molecular complexity index is 652. The summed E-state index contributed by atoms with van der Waals surface area (Å²) in [5.41, 5.74) is 8.81. The van der Waals surface area contributed by atoms with Gasteiger partial charge in [-0.2, -0.15) is 0 Å². The minimum absolute atomic E-state index is 0.395. The minimum Gasteiger partial charge on any atom is -0.397 e. The summed E-state index contributed by atoms with van der Waals surface area (Å²) in [5, 5.41) is 3.49. The fourth-order valence-electron chi connectivity index (χ4n) is 2.70. The lowest BCUT2D eigenvalue weighted by Crippen LogP contribution is -2.40. The number of aryl methyl sites for hydroxylation is 1. The number of pyridine rings is 1. The van der Waals surface area contributed by atoms with E-state index < -0.39 is 0 Å². The molecular weight excluding hydrogens is 356 g/mol. The van der Waals surface area contributed by atoms with E-state index in [0.717, 1.165) is 48.6 Å². The number of hydrogen-bond acceptors (Lipinski definition) is 6. The van der Waals surface area contributed by atoms with Crippen LogP contribution in [-0.2, 0) is 6.42 Å². The highest BCUT2D eigenvalue weighted by Crippen LogP contribution is 2.24. The van der Waals surface area contributed by atoms with Crippen molar-refractivity contribution in [2.45, 2.75) is 32.2 Å². The van der Waals surface area contributed by atoms with Crippen LogP contribution >= 0.6 is 15.9 Å². The molecule has 0 spiro atoms. The Kier molecular flexibility index (Phi) is 4.95. The van der Waals surface area contributed by atoms with Gasteiger partial charge in [-0.15, -0.1) is 0 Å². The lowest BCUT2D eigenvalue weighted by atomic mass is 10.0. The third kappa shape index (κ3) is 3.90. The van der Waals surface area contributed by atoms with E-state index >= 15 is 0 Å². The SMILES string of the molecule is CCc1cnc(N2CCC(Nc3cnc(Br)cc3N)CC2)nc1. The topological polar surface area (TPSA) is 80.0 Å². The van der Waals surface area contributed by atoms with Crippen molar-refractivity contribution in [1.29, 1.82) is 0 Å². The fraction of sp³-hybridized carbons (Fsp3) is 0.438. The number of hydrogen-bond donors (Lipinski definition) is 2. The van der Waals surface area contributed by atoms with Crippen LogP contribution in [0, 0.1) is 0 Å². The zero-order valence-corrected chi connectivity index (χ0v) is 14.8. The number of aromatic nitrogens is 3.